The number of anilines is 1. The van der Waals surface area contributed by atoms with Gasteiger partial charge in [-0.2, -0.15) is 0 Å². The molecule has 1 aromatic heterocycles. The highest BCUT2D eigenvalue weighted by atomic mass is 16.5. The zero-order valence-electron chi connectivity index (χ0n) is 12.3. The molecule has 1 amide bonds. The summed E-state index contributed by atoms with van der Waals surface area (Å²) in [7, 11) is 0. The highest BCUT2D eigenvalue weighted by Crippen LogP contribution is 2.19. The number of aliphatic carboxylic acids is 1. The summed E-state index contributed by atoms with van der Waals surface area (Å²) < 4.78 is 4.99. The van der Waals surface area contributed by atoms with E-state index in [-0.39, 0.29) is 17.9 Å². The third-order valence-electron chi connectivity index (χ3n) is 3.00. The summed E-state index contributed by atoms with van der Waals surface area (Å²) in [6.45, 7) is 1.61. The van der Waals surface area contributed by atoms with Gasteiger partial charge in [0, 0.05) is 12.0 Å². The second-order valence-electron chi connectivity index (χ2n) is 4.74. The van der Waals surface area contributed by atoms with Gasteiger partial charge < -0.3 is 14.7 Å². The number of hydrogen-bond acceptors (Lipinski definition) is 4. The van der Waals surface area contributed by atoms with Crippen molar-refractivity contribution in [3.8, 4) is 11.8 Å². The Labute approximate surface area is 131 Å². The maximum atomic E-state index is 10.7. The summed E-state index contributed by atoms with van der Waals surface area (Å²) in [5.74, 6) is 4.87. The molecular weight excluding hydrogens is 300 g/mol. The lowest BCUT2D eigenvalue weighted by atomic mass is 10.1. The zero-order chi connectivity index (χ0) is 16.8. The van der Waals surface area contributed by atoms with Crippen LogP contribution in [0.25, 0.3) is 0 Å². The minimum absolute atomic E-state index is 0.0760. The van der Waals surface area contributed by atoms with Gasteiger partial charge >= 0.3 is 12.1 Å². The molecule has 1 aromatic carbocycles. The molecule has 1 heterocycles. The van der Waals surface area contributed by atoms with Crippen molar-refractivity contribution in [2.75, 3.05) is 5.32 Å². The molecule has 0 radical (unpaired) electrons. The third kappa shape index (κ3) is 4.61. The van der Waals surface area contributed by atoms with Crippen molar-refractivity contribution in [3.05, 3.63) is 46.8 Å². The Morgan fingerprint density at radius 2 is 1.91 bits per heavy atom. The number of nitrogens with one attached hydrogen (secondary N) is 1. The van der Waals surface area contributed by atoms with E-state index in [1.165, 1.54) is 0 Å². The SMILES string of the molecule is Cc1noc(C#Cc2ccc(CCC(=O)O)cc2)c1NC(=O)O. The Morgan fingerprint density at radius 3 is 2.52 bits per heavy atom. The summed E-state index contributed by atoms with van der Waals surface area (Å²) in [4.78, 5) is 21.2. The number of carbonyl (C=O) groups is 2. The molecular formula is C16H14N2O5. The number of aromatic nitrogens is 1. The Morgan fingerprint density at radius 1 is 1.22 bits per heavy atom. The van der Waals surface area contributed by atoms with Crippen molar-refractivity contribution in [1.82, 2.24) is 5.16 Å². The van der Waals surface area contributed by atoms with Crippen molar-refractivity contribution in [1.29, 1.82) is 0 Å². The lowest BCUT2D eigenvalue weighted by Gasteiger charge is -1.98. The lowest BCUT2D eigenvalue weighted by molar-refractivity contribution is -0.136. The van der Waals surface area contributed by atoms with Gasteiger partial charge in [0.15, 0.2) is 0 Å². The summed E-state index contributed by atoms with van der Waals surface area (Å²) in [5.41, 5.74) is 2.23. The molecule has 0 saturated heterocycles. The Hall–Kier alpha value is -3.27. The van der Waals surface area contributed by atoms with E-state index in [1.54, 1.807) is 31.2 Å². The van der Waals surface area contributed by atoms with Crippen molar-refractivity contribution in [3.63, 3.8) is 0 Å². The Bertz CT molecular complexity index is 781. The van der Waals surface area contributed by atoms with E-state index in [0.29, 0.717) is 17.7 Å². The standard InChI is InChI=1S/C16H14N2O5/c1-10-15(17-16(21)22)13(23-18-10)8-6-11-2-4-12(5-3-11)7-9-14(19)20/h2-5,17H,7,9H2,1H3,(H,19,20)(H,21,22). The number of carboxylic acid groups (broad SMARTS) is 2. The molecule has 23 heavy (non-hydrogen) atoms. The van der Waals surface area contributed by atoms with Gasteiger partial charge in [-0.1, -0.05) is 23.2 Å². The summed E-state index contributed by atoms with van der Waals surface area (Å²) in [6.07, 6.45) is -0.689. The van der Waals surface area contributed by atoms with Crippen molar-refractivity contribution < 1.29 is 24.3 Å². The number of rotatable bonds is 4. The minimum Gasteiger partial charge on any atom is -0.481 e. The highest BCUT2D eigenvalue weighted by molar-refractivity contribution is 5.85. The van der Waals surface area contributed by atoms with Gasteiger partial charge in [0.25, 0.3) is 0 Å². The normalized spacial score (nSPS) is 9.78. The van der Waals surface area contributed by atoms with E-state index in [2.05, 4.69) is 22.3 Å². The fraction of sp³-hybridized carbons (Fsp3) is 0.188. The van der Waals surface area contributed by atoms with Crippen LogP contribution in [0.2, 0.25) is 0 Å². The number of hydrogen-bond donors (Lipinski definition) is 3. The van der Waals surface area contributed by atoms with E-state index in [1.807, 2.05) is 0 Å². The van der Waals surface area contributed by atoms with Crippen LogP contribution >= 0.6 is 0 Å². The highest BCUT2D eigenvalue weighted by Gasteiger charge is 2.13. The molecule has 0 saturated carbocycles. The van der Waals surface area contributed by atoms with E-state index < -0.39 is 12.1 Å². The molecule has 0 unspecified atom stereocenters. The molecule has 2 aromatic rings. The summed E-state index contributed by atoms with van der Waals surface area (Å²) >= 11 is 0. The number of benzene rings is 1. The largest absolute Gasteiger partial charge is 0.481 e. The average molecular weight is 314 g/mol. The van der Waals surface area contributed by atoms with Crippen LogP contribution in [0.15, 0.2) is 28.8 Å². The molecule has 7 heteroatoms. The molecule has 0 spiro atoms. The summed E-state index contributed by atoms with van der Waals surface area (Å²) in [6, 6.07) is 7.12. The van der Waals surface area contributed by atoms with Gasteiger partial charge in [0.1, 0.15) is 11.4 Å². The maximum absolute atomic E-state index is 10.7. The molecule has 7 nitrogen and oxygen atoms in total. The molecule has 118 valence electrons. The monoisotopic (exact) mass is 314 g/mol. The second kappa shape index (κ2) is 7.13. The van der Waals surface area contributed by atoms with Crippen LogP contribution in [0.5, 0.6) is 0 Å². The van der Waals surface area contributed by atoms with Gasteiger partial charge in [-0.05, 0) is 37.0 Å². The first-order valence-corrected chi connectivity index (χ1v) is 6.74. The van der Waals surface area contributed by atoms with Gasteiger partial charge in [-0.3, -0.25) is 10.1 Å². The first kappa shape index (κ1) is 16.1. The van der Waals surface area contributed by atoms with Crippen LogP contribution in [0.1, 0.15) is 29.0 Å². The van der Waals surface area contributed by atoms with Crippen LogP contribution in [-0.2, 0) is 11.2 Å². The second-order valence-corrected chi connectivity index (χ2v) is 4.74. The van der Waals surface area contributed by atoms with Crippen LogP contribution in [0.4, 0.5) is 10.5 Å². The van der Waals surface area contributed by atoms with Gasteiger partial charge in [-0.15, -0.1) is 0 Å². The van der Waals surface area contributed by atoms with Crippen molar-refractivity contribution in [2.45, 2.75) is 19.8 Å². The number of aryl methyl sites for hydroxylation is 2. The first-order valence-electron chi connectivity index (χ1n) is 6.74. The first-order chi connectivity index (χ1) is 11.0. The van der Waals surface area contributed by atoms with Crippen LogP contribution < -0.4 is 5.32 Å². The molecule has 3 N–H and O–H groups in total. The maximum Gasteiger partial charge on any atom is 0.409 e. The Balaban J connectivity index is 2.13. The predicted molar refractivity (Wildman–Crippen MR) is 81.3 cm³/mol. The third-order valence-corrected chi connectivity index (χ3v) is 3.00. The number of amides is 1. The molecule has 0 aliphatic rings. The van der Waals surface area contributed by atoms with E-state index >= 15 is 0 Å². The lowest BCUT2D eigenvalue weighted by Crippen LogP contribution is -2.08. The zero-order valence-corrected chi connectivity index (χ0v) is 12.3. The fourth-order valence-electron chi connectivity index (χ4n) is 1.84. The van der Waals surface area contributed by atoms with Gasteiger partial charge in [-0.25, -0.2) is 4.79 Å². The number of nitrogens with zero attached hydrogens (tertiary/aromatic N) is 1. The molecule has 0 bridgehead atoms. The van der Waals surface area contributed by atoms with E-state index in [4.69, 9.17) is 14.7 Å². The predicted octanol–water partition coefficient (Wildman–Crippen LogP) is 2.49. The minimum atomic E-state index is -1.22. The molecule has 2 rings (SSSR count). The van der Waals surface area contributed by atoms with Crippen LogP contribution in [0.3, 0.4) is 0 Å². The average Bonchev–Trinajstić information content (AvgIpc) is 2.84. The molecule has 0 fully saturated rings. The Kier molecular flexibility index (Phi) is 5.00. The van der Waals surface area contributed by atoms with Crippen molar-refractivity contribution in [2.24, 2.45) is 0 Å². The quantitative estimate of drug-likeness (QED) is 0.747. The molecule has 0 atom stereocenters. The van der Waals surface area contributed by atoms with Gasteiger partial charge in [0.2, 0.25) is 5.76 Å². The van der Waals surface area contributed by atoms with E-state index in [0.717, 1.165) is 5.56 Å². The van der Waals surface area contributed by atoms with Crippen LogP contribution in [0, 0.1) is 18.8 Å². The van der Waals surface area contributed by atoms with Crippen LogP contribution in [-0.4, -0.2) is 27.4 Å². The number of carboxylic acids is 1. The molecule has 0 aliphatic carbocycles. The molecule has 0 aliphatic heterocycles. The topological polar surface area (TPSA) is 113 Å². The van der Waals surface area contributed by atoms with E-state index in [9.17, 15) is 9.59 Å². The summed E-state index contributed by atoms with van der Waals surface area (Å²) in [5, 5.41) is 23.3. The van der Waals surface area contributed by atoms with Crippen molar-refractivity contribution >= 4 is 17.7 Å². The fourth-order valence-corrected chi connectivity index (χ4v) is 1.84. The smallest absolute Gasteiger partial charge is 0.409 e. The van der Waals surface area contributed by atoms with Gasteiger partial charge in [0.05, 0.1) is 0 Å².